The summed E-state index contributed by atoms with van der Waals surface area (Å²) in [6, 6.07) is 0. The second-order valence-corrected chi connectivity index (χ2v) is 6.92. The molecule has 7 N–H and O–H groups in total. The summed E-state index contributed by atoms with van der Waals surface area (Å²) >= 11 is 0. The number of nitrogens with two attached hydrogens (primary N) is 1. The number of ether oxygens (including phenoxy) is 1. The minimum absolute atomic E-state index is 0.0972. The molecule has 0 spiro atoms. The van der Waals surface area contributed by atoms with Crippen LogP contribution in [0.4, 0.5) is 0 Å². The van der Waals surface area contributed by atoms with Gasteiger partial charge in [0.25, 0.3) is 0 Å². The molecule has 0 aliphatic heterocycles. The van der Waals surface area contributed by atoms with Gasteiger partial charge in [-0.05, 0) is 6.42 Å². The van der Waals surface area contributed by atoms with E-state index in [4.69, 9.17) is 39.9 Å². The summed E-state index contributed by atoms with van der Waals surface area (Å²) in [4.78, 5) is 21.6. The largest absolute Gasteiger partial charge is 0.466 e. The van der Waals surface area contributed by atoms with Crippen LogP contribution in [0.15, 0.2) is 0 Å². The van der Waals surface area contributed by atoms with Gasteiger partial charge in [0.2, 0.25) is 0 Å². The molecule has 9 heteroatoms. The topological polar surface area (TPSA) is 153 Å². The molecule has 0 radical (unpaired) electrons. The van der Waals surface area contributed by atoms with Crippen LogP contribution in [0.1, 0.15) is 77.6 Å². The van der Waals surface area contributed by atoms with Crippen molar-refractivity contribution in [1.82, 2.24) is 0 Å². The maximum atomic E-state index is 8.88. The SMILES string of the molecule is CCCCCCCCCCCCCOCCO.NCCO.O=P(O)(O)O. The van der Waals surface area contributed by atoms with Crippen LogP contribution in [0.5, 0.6) is 0 Å². The van der Waals surface area contributed by atoms with Crippen molar-refractivity contribution in [1.29, 1.82) is 0 Å². The van der Waals surface area contributed by atoms with Crippen molar-refractivity contribution >= 4 is 7.82 Å². The van der Waals surface area contributed by atoms with Gasteiger partial charge in [0.15, 0.2) is 0 Å². The fourth-order valence-electron chi connectivity index (χ4n) is 2.03. The smallest absolute Gasteiger partial charge is 0.395 e. The summed E-state index contributed by atoms with van der Waals surface area (Å²) in [6.45, 7) is 4.21. The molecule has 0 fully saturated rings. The van der Waals surface area contributed by atoms with Crippen molar-refractivity contribution in [2.45, 2.75) is 77.6 Å². The van der Waals surface area contributed by atoms with E-state index in [0.717, 1.165) is 13.0 Å². The van der Waals surface area contributed by atoms with Crippen LogP contribution in [-0.4, -0.2) is 57.9 Å². The molecule has 0 aliphatic rings. The zero-order valence-electron chi connectivity index (χ0n) is 16.4. The Morgan fingerprint density at radius 3 is 1.38 bits per heavy atom. The van der Waals surface area contributed by atoms with E-state index < -0.39 is 7.82 Å². The molecular formula is C17H42NO7P. The quantitative estimate of drug-likeness (QED) is 0.180. The first kappa shape index (κ1) is 30.7. The van der Waals surface area contributed by atoms with Crippen LogP contribution in [0.25, 0.3) is 0 Å². The molecule has 0 saturated heterocycles. The Morgan fingerprint density at radius 1 is 0.731 bits per heavy atom. The Bertz CT molecular complexity index is 254. The Kier molecular flexibility index (Phi) is 32.1. The molecule has 0 bridgehead atoms. The third-order valence-corrected chi connectivity index (χ3v) is 3.26. The van der Waals surface area contributed by atoms with E-state index >= 15 is 0 Å². The standard InChI is InChI=1S/C15H32O2.C2H7NO.H3O4P/c1-2-3-4-5-6-7-8-9-10-11-12-14-17-15-13-16;3-1-2-4;1-5(2,3)4/h16H,2-15H2,1H3;4H,1-3H2;(H3,1,2,3,4). The minimum Gasteiger partial charge on any atom is -0.395 e. The number of aliphatic hydroxyl groups is 2. The monoisotopic (exact) mass is 403 g/mol. The van der Waals surface area contributed by atoms with Gasteiger partial charge in [-0.1, -0.05) is 71.1 Å². The molecule has 0 atom stereocenters. The summed E-state index contributed by atoms with van der Waals surface area (Å²) in [5, 5.41) is 16.3. The zero-order chi connectivity index (χ0) is 20.5. The highest BCUT2D eigenvalue weighted by Gasteiger charge is 2.00. The second-order valence-electron chi connectivity index (χ2n) is 5.90. The predicted octanol–water partition coefficient (Wildman–Crippen LogP) is 2.32. The predicted molar refractivity (Wildman–Crippen MR) is 105 cm³/mol. The fraction of sp³-hybridized carbons (Fsp3) is 1.00. The van der Waals surface area contributed by atoms with E-state index in [9.17, 15) is 0 Å². The van der Waals surface area contributed by atoms with Crippen molar-refractivity contribution < 1.29 is 34.2 Å². The Morgan fingerprint density at radius 2 is 1.08 bits per heavy atom. The second kappa shape index (κ2) is 27.2. The third-order valence-electron chi connectivity index (χ3n) is 3.26. The summed E-state index contributed by atoms with van der Waals surface area (Å²) in [5.74, 6) is 0. The third kappa shape index (κ3) is 56.4. The van der Waals surface area contributed by atoms with Gasteiger partial charge in [-0.25, -0.2) is 4.57 Å². The van der Waals surface area contributed by atoms with Crippen LogP contribution in [0.2, 0.25) is 0 Å². The van der Waals surface area contributed by atoms with E-state index in [1.165, 1.54) is 64.2 Å². The molecule has 0 aliphatic carbocycles. The lowest BCUT2D eigenvalue weighted by molar-refractivity contribution is 0.0895. The highest BCUT2D eigenvalue weighted by molar-refractivity contribution is 7.45. The lowest BCUT2D eigenvalue weighted by Gasteiger charge is -2.03. The van der Waals surface area contributed by atoms with E-state index in [1.54, 1.807) is 0 Å². The van der Waals surface area contributed by atoms with Crippen LogP contribution < -0.4 is 5.73 Å². The van der Waals surface area contributed by atoms with Gasteiger partial charge in [-0.15, -0.1) is 0 Å². The van der Waals surface area contributed by atoms with Crippen molar-refractivity contribution in [3.05, 3.63) is 0 Å². The Balaban J connectivity index is -0.000000484. The summed E-state index contributed by atoms with van der Waals surface area (Å²) in [6.07, 6.45) is 15.0. The molecule has 0 unspecified atom stereocenters. The summed E-state index contributed by atoms with van der Waals surface area (Å²) in [5.41, 5.74) is 4.78. The van der Waals surface area contributed by atoms with E-state index in [1.807, 2.05) is 0 Å². The van der Waals surface area contributed by atoms with Crippen LogP contribution in [-0.2, 0) is 9.30 Å². The van der Waals surface area contributed by atoms with E-state index in [-0.39, 0.29) is 13.2 Å². The maximum Gasteiger partial charge on any atom is 0.466 e. The Labute approximate surface area is 159 Å². The average Bonchev–Trinajstić information content (AvgIpc) is 2.58. The highest BCUT2D eigenvalue weighted by atomic mass is 31.2. The average molecular weight is 403 g/mol. The molecule has 8 nitrogen and oxygen atoms in total. The van der Waals surface area contributed by atoms with Crippen molar-refractivity contribution in [2.24, 2.45) is 5.73 Å². The molecule has 0 amide bonds. The molecule has 0 aromatic carbocycles. The van der Waals surface area contributed by atoms with Crippen molar-refractivity contribution in [2.75, 3.05) is 33.0 Å². The summed E-state index contributed by atoms with van der Waals surface area (Å²) in [7, 11) is -4.64. The summed E-state index contributed by atoms with van der Waals surface area (Å²) < 4.78 is 14.1. The van der Waals surface area contributed by atoms with Crippen LogP contribution in [0, 0.1) is 0 Å². The molecule has 0 aromatic rings. The van der Waals surface area contributed by atoms with E-state index in [2.05, 4.69) is 6.92 Å². The van der Waals surface area contributed by atoms with Gasteiger partial charge in [-0.2, -0.15) is 0 Å². The number of rotatable bonds is 15. The van der Waals surface area contributed by atoms with Crippen LogP contribution >= 0.6 is 7.82 Å². The fourth-order valence-corrected chi connectivity index (χ4v) is 2.03. The number of hydrogen-bond acceptors (Lipinski definition) is 5. The number of hydrogen-bond donors (Lipinski definition) is 6. The van der Waals surface area contributed by atoms with Gasteiger partial charge in [-0.3, -0.25) is 0 Å². The molecule has 0 rings (SSSR count). The lowest BCUT2D eigenvalue weighted by atomic mass is 10.1. The van der Waals surface area contributed by atoms with Gasteiger partial charge in [0.05, 0.1) is 19.8 Å². The first-order valence-corrected chi connectivity index (χ1v) is 11.2. The first-order chi connectivity index (χ1) is 12.3. The van der Waals surface area contributed by atoms with Gasteiger partial charge >= 0.3 is 7.82 Å². The molecule has 26 heavy (non-hydrogen) atoms. The minimum atomic E-state index is -4.64. The number of unbranched alkanes of at least 4 members (excludes halogenated alkanes) is 10. The normalized spacial score (nSPS) is 10.6. The van der Waals surface area contributed by atoms with Crippen molar-refractivity contribution in [3.63, 3.8) is 0 Å². The highest BCUT2D eigenvalue weighted by Crippen LogP contribution is 2.25. The van der Waals surface area contributed by atoms with E-state index in [0.29, 0.717) is 13.2 Å². The first-order valence-electron chi connectivity index (χ1n) is 9.61. The van der Waals surface area contributed by atoms with Gasteiger partial charge in [0.1, 0.15) is 0 Å². The number of aliphatic hydroxyl groups excluding tert-OH is 2. The molecule has 0 aromatic heterocycles. The number of phosphoric acid groups is 1. The van der Waals surface area contributed by atoms with Gasteiger partial charge in [0, 0.05) is 13.2 Å². The molecular weight excluding hydrogens is 361 g/mol. The molecule has 162 valence electrons. The zero-order valence-corrected chi connectivity index (χ0v) is 17.3. The maximum absolute atomic E-state index is 8.88. The Hall–Kier alpha value is -0.0500. The van der Waals surface area contributed by atoms with Crippen LogP contribution in [0.3, 0.4) is 0 Å². The molecule has 0 heterocycles. The van der Waals surface area contributed by atoms with Crippen molar-refractivity contribution in [3.8, 4) is 0 Å². The van der Waals surface area contributed by atoms with Gasteiger partial charge < -0.3 is 35.4 Å². The lowest BCUT2D eigenvalue weighted by Crippen LogP contribution is -2.02. The molecule has 0 saturated carbocycles.